The molecule has 0 atom stereocenters. The van der Waals surface area contributed by atoms with Crippen molar-refractivity contribution in [2.45, 2.75) is 12.4 Å². The summed E-state index contributed by atoms with van der Waals surface area (Å²) in [7, 11) is 0. The van der Waals surface area contributed by atoms with Crippen LogP contribution in [0.4, 0.5) is 26.3 Å². The fraction of sp³-hybridized carbons (Fsp3) is 1.00. The van der Waals surface area contributed by atoms with Crippen LogP contribution in [0.3, 0.4) is 0 Å². The van der Waals surface area contributed by atoms with E-state index < -0.39 is 25.6 Å². The molecule has 0 aliphatic heterocycles. The van der Waals surface area contributed by atoms with E-state index in [4.69, 9.17) is 0 Å². The molecule has 0 aromatic rings. The van der Waals surface area contributed by atoms with E-state index in [2.05, 4.69) is 4.74 Å². The minimum atomic E-state index is -4.70. The lowest BCUT2D eigenvalue weighted by Crippen LogP contribution is -2.23. The molecule has 0 aromatic heterocycles. The Morgan fingerprint density at radius 1 is 0.727 bits per heavy atom. The van der Waals surface area contributed by atoms with Crippen molar-refractivity contribution in [3.05, 3.63) is 0 Å². The smallest absolute Gasteiger partial charge is 0.363 e. The van der Waals surface area contributed by atoms with E-state index in [0.29, 0.717) is 0 Å². The second-order valence-corrected chi connectivity index (χ2v) is 1.72. The van der Waals surface area contributed by atoms with Crippen LogP contribution in [0.5, 0.6) is 0 Å². The summed E-state index contributed by atoms with van der Waals surface area (Å²) < 4.78 is 70.1. The first kappa shape index (κ1) is 10.5. The van der Waals surface area contributed by atoms with Crippen molar-refractivity contribution in [2.24, 2.45) is 0 Å². The van der Waals surface area contributed by atoms with Gasteiger partial charge in [0.15, 0.2) is 0 Å². The summed E-state index contributed by atoms with van der Waals surface area (Å²) in [4.78, 5) is 0. The van der Waals surface area contributed by atoms with Crippen LogP contribution >= 0.6 is 0 Å². The molecule has 0 amide bonds. The first-order valence-electron chi connectivity index (χ1n) is 2.42. The third-order valence-electron chi connectivity index (χ3n) is 0.531. The van der Waals surface area contributed by atoms with Gasteiger partial charge in [-0.2, -0.15) is 26.3 Å². The van der Waals surface area contributed by atoms with Crippen molar-refractivity contribution in [1.82, 2.24) is 0 Å². The topological polar surface area (TPSA) is 9.23 Å². The van der Waals surface area contributed by atoms with Crippen molar-refractivity contribution in [1.29, 1.82) is 0 Å². The Morgan fingerprint density at radius 2 is 1.00 bits per heavy atom. The molecule has 0 heterocycles. The van der Waals surface area contributed by atoms with E-state index in [1.807, 2.05) is 0 Å². The standard InChI is InChI=1S/C4H4F6O/c5-3(6,7)1-11-2-4(8,9)10/h1-2H2/i5-1. The molecule has 0 N–H and O–H groups in total. The molecule has 1 nitrogen and oxygen atoms in total. The van der Waals surface area contributed by atoms with Gasteiger partial charge < -0.3 is 4.74 Å². The van der Waals surface area contributed by atoms with E-state index in [9.17, 15) is 26.3 Å². The van der Waals surface area contributed by atoms with Crippen LogP contribution in [0.15, 0.2) is 0 Å². The van der Waals surface area contributed by atoms with E-state index in [0.717, 1.165) is 0 Å². The fourth-order valence-corrected chi connectivity index (χ4v) is 0.282. The monoisotopic (exact) mass is 181 g/mol. The number of ether oxygens (including phenoxy) is 1. The van der Waals surface area contributed by atoms with Crippen LogP contribution in [0.2, 0.25) is 0 Å². The maximum Gasteiger partial charge on any atom is 0.411 e. The fourth-order valence-electron chi connectivity index (χ4n) is 0.282. The maximum absolute atomic E-state index is 11.1. The molecular formula is C4H4F6O. The molecule has 0 fully saturated rings. The Kier molecular flexibility index (Phi) is 3.15. The predicted molar refractivity (Wildman–Crippen MR) is 22.9 cm³/mol. The van der Waals surface area contributed by atoms with Gasteiger partial charge in [-0.1, -0.05) is 0 Å². The number of halogens is 6. The number of hydrogen-bond acceptors (Lipinski definition) is 1. The SMILES string of the molecule is FC(F)(F)COCC(F)(F)[18F]. The normalized spacial score (nSPS) is 13.6. The van der Waals surface area contributed by atoms with E-state index in [1.165, 1.54) is 0 Å². The van der Waals surface area contributed by atoms with Crippen LogP contribution < -0.4 is 0 Å². The second-order valence-electron chi connectivity index (χ2n) is 1.72. The first-order valence-corrected chi connectivity index (χ1v) is 2.42. The second kappa shape index (κ2) is 3.29. The van der Waals surface area contributed by atoms with Gasteiger partial charge in [0.2, 0.25) is 0 Å². The third kappa shape index (κ3) is 9.54. The molecule has 68 valence electrons. The van der Waals surface area contributed by atoms with Crippen molar-refractivity contribution < 1.29 is 31.1 Å². The van der Waals surface area contributed by atoms with Gasteiger partial charge in [0, 0.05) is 0 Å². The van der Waals surface area contributed by atoms with Crippen molar-refractivity contribution in [3.63, 3.8) is 0 Å². The van der Waals surface area contributed by atoms with Gasteiger partial charge in [-0.25, -0.2) is 0 Å². The molecule has 0 radical (unpaired) electrons. The van der Waals surface area contributed by atoms with Gasteiger partial charge in [-0.3, -0.25) is 0 Å². The molecule has 0 aromatic carbocycles. The molecule has 0 aliphatic rings. The van der Waals surface area contributed by atoms with Gasteiger partial charge in [-0.05, 0) is 0 Å². The summed E-state index contributed by atoms with van der Waals surface area (Å²) in [5.74, 6) is 0. The minimum absolute atomic E-state index is 1.87. The quantitative estimate of drug-likeness (QED) is 0.593. The Balaban J connectivity index is 3.44. The van der Waals surface area contributed by atoms with E-state index in [1.54, 1.807) is 0 Å². The predicted octanol–water partition coefficient (Wildman–Crippen LogP) is 2.13. The van der Waals surface area contributed by atoms with Crippen molar-refractivity contribution in [2.75, 3.05) is 13.2 Å². The molecule has 0 unspecified atom stereocenters. The summed E-state index contributed by atoms with van der Waals surface area (Å²) in [6.07, 6.45) is -9.41. The van der Waals surface area contributed by atoms with Gasteiger partial charge in [-0.15, -0.1) is 0 Å². The maximum atomic E-state index is 11.1. The molecule has 0 spiro atoms. The Hall–Kier alpha value is -0.460. The average Bonchev–Trinajstić information content (AvgIpc) is 1.55. The molecule has 0 saturated heterocycles. The first-order chi connectivity index (χ1) is 4.71. The van der Waals surface area contributed by atoms with E-state index in [-0.39, 0.29) is 0 Å². The third-order valence-corrected chi connectivity index (χ3v) is 0.531. The Labute approximate surface area is 57.9 Å². The highest BCUT2D eigenvalue weighted by molar-refractivity contribution is 4.49. The summed E-state index contributed by atoms with van der Waals surface area (Å²) in [5, 5.41) is 0. The molecule has 0 bridgehead atoms. The molecular weight excluding hydrogens is 177 g/mol. The largest absolute Gasteiger partial charge is 0.411 e. The van der Waals surface area contributed by atoms with Crippen LogP contribution in [-0.4, -0.2) is 25.6 Å². The number of alkyl halides is 6. The lowest BCUT2D eigenvalue weighted by Gasteiger charge is -2.09. The van der Waals surface area contributed by atoms with E-state index >= 15 is 0 Å². The summed E-state index contributed by atoms with van der Waals surface area (Å²) >= 11 is 0. The summed E-state index contributed by atoms with van der Waals surface area (Å²) in [5.41, 5.74) is 0. The Morgan fingerprint density at radius 3 is 1.18 bits per heavy atom. The molecule has 0 aliphatic carbocycles. The van der Waals surface area contributed by atoms with Crippen LogP contribution in [0.1, 0.15) is 0 Å². The van der Waals surface area contributed by atoms with Gasteiger partial charge in [0.25, 0.3) is 0 Å². The highest BCUT2D eigenvalue weighted by Gasteiger charge is 2.32. The van der Waals surface area contributed by atoms with Crippen molar-refractivity contribution in [3.8, 4) is 0 Å². The number of hydrogen-bond donors (Lipinski definition) is 0. The number of rotatable bonds is 2. The zero-order valence-corrected chi connectivity index (χ0v) is 5.09. The Bertz CT molecular complexity index is 98.7. The average molecular weight is 181 g/mol. The molecule has 0 rings (SSSR count). The summed E-state index contributed by atoms with van der Waals surface area (Å²) in [6, 6.07) is 0. The van der Waals surface area contributed by atoms with Crippen LogP contribution in [0, 0.1) is 0 Å². The van der Waals surface area contributed by atoms with Crippen LogP contribution in [-0.2, 0) is 4.74 Å². The zero-order valence-electron chi connectivity index (χ0n) is 5.09. The van der Waals surface area contributed by atoms with Gasteiger partial charge >= 0.3 is 12.4 Å². The zero-order chi connectivity index (χ0) is 9.12. The highest BCUT2D eigenvalue weighted by atomic mass is 19.4. The molecule has 11 heavy (non-hydrogen) atoms. The van der Waals surface area contributed by atoms with Gasteiger partial charge in [0.1, 0.15) is 13.2 Å². The lowest BCUT2D eigenvalue weighted by atomic mass is 10.6. The lowest BCUT2D eigenvalue weighted by molar-refractivity contribution is -0.219. The van der Waals surface area contributed by atoms with Gasteiger partial charge in [0.05, 0.1) is 0 Å². The summed E-state index contributed by atoms with van der Waals surface area (Å²) in [6.45, 7) is -3.74. The molecule has 7 heteroatoms. The minimum Gasteiger partial charge on any atom is -0.363 e. The highest BCUT2D eigenvalue weighted by Crippen LogP contribution is 2.18. The molecule has 0 saturated carbocycles. The van der Waals surface area contributed by atoms with Crippen molar-refractivity contribution >= 4 is 0 Å². The van der Waals surface area contributed by atoms with Crippen LogP contribution in [0.25, 0.3) is 0 Å².